The molecular formula is C23H27N5O4S2. The molecule has 6 N–H and O–H groups in total. The molecule has 1 atom stereocenters. The van der Waals surface area contributed by atoms with Crippen LogP contribution in [0.4, 0.5) is 5.69 Å². The van der Waals surface area contributed by atoms with E-state index < -0.39 is 23.4 Å². The molecule has 2 heterocycles. The van der Waals surface area contributed by atoms with Gasteiger partial charge in [0, 0.05) is 10.4 Å². The van der Waals surface area contributed by atoms with Gasteiger partial charge in [-0.05, 0) is 60.9 Å². The third kappa shape index (κ3) is 5.54. The van der Waals surface area contributed by atoms with E-state index in [0.717, 1.165) is 16.4 Å². The second-order valence-corrected chi connectivity index (χ2v) is 10.2. The van der Waals surface area contributed by atoms with E-state index in [9.17, 15) is 19.5 Å². The fraction of sp³-hybridized carbons (Fsp3) is 0.304. The van der Waals surface area contributed by atoms with Gasteiger partial charge in [0.25, 0.3) is 11.8 Å². The van der Waals surface area contributed by atoms with Crippen LogP contribution in [0.1, 0.15) is 63.8 Å². The van der Waals surface area contributed by atoms with Crippen molar-refractivity contribution < 1.29 is 19.5 Å². The predicted molar refractivity (Wildman–Crippen MR) is 133 cm³/mol. The molecule has 11 heteroatoms. The zero-order valence-corrected chi connectivity index (χ0v) is 20.7. The van der Waals surface area contributed by atoms with E-state index in [0.29, 0.717) is 12.0 Å². The number of benzene rings is 1. The Morgan fingerprint density at radius 3 is 2.41 bits per heavy atom. The summed E-state index contributed by atoms with van der Waals surface area (Å²) in [6.07, 6.45) is 0.670. The van der Waals surface area contributed by atoms with E-state index in [1.54, 1.807) is 12.1 Å². The number of aromatic hydroxyl groups is 1. The number of carbonyl (C=O) groups is 3. The monoisotopic (exact) mass is 501 g/mol. The number of hydrogen-bond acceptors (Lipinski definition) is 8. The zero-order chi connectivity index (χ0) is 25.0. The lowest BCUT2D eigenvalue weighted by molar-refractivity contribution is -0.127. The molecule has 0 saturated heterocycles. The largest absolute Gasteiger partial charge is 0.508 e. The summed E-state index contributed by atoms with van der Waals surface area (Å²) in [6, 6.07) is 8.78. The van der Waals surface area contributed by atoms with Gasteiger partial charge in [-0.25, -0.2) is 0 Å². The molecular weight excluding hydrogens is 474 g/mol. The number of anilines is 1. The van der Waals surface area contributed by atoms with Crippen LogP contribution >= 0.6 is 22.9 Å². The number of thiophene rings is 1. The van der Waals surface area contributed by atoms with Crippen LogP contribution in [0.5, 0.6) is 5.75 Å². The first-order chi connectivity index (χ1) is 16.0. The summed E-state index contributed by atoms with van der Waals surface area (Å²) in [7, 11) is 0. The van der Waals surface area contributed by atoms with E-state index in [1.807, 2.05) is 38.3 Å². The Balaban J connectivity index is 2.13. The normalized spacial score (nSPS) is 12.2. The van der Waals surface area contributed by atoms with E-state index in [-0.39, 0.29) is 34.5 Å². The number of phenols is 1. The lowest BCUT2D eigenvalue weighted by atomic mass is 9.98. The summed E-state index contributed by atoms with van der Waals surface area (Å²) < 4.78 is 3.94. The highest BCUT2D eigenvalue weighted by Gasteiger charge is 2.36. The van der Waals surface area contributed by atoms with Crippen LogP contribution in [0.2, 0.25) is 0 Å². The van der Waals surface area contributed by atoms with Gasteiger partial charge in [0.05, 0.1) is 12.2 Å². The highest BCUT2D eigenvalue weighted by atomic mass is 32.1. The number of aromatic nitrogens is 1. The summed E-state index contributed by atoms with van der Waals surface area (Å²) in [5.41, 5.74) is 11.1. The summed E-state index contributed by atoms with van der Waals surface area (Å²) in [4.78, 5) is 41.3. The summed E-state index contributed by atoms with van der Waals surface area (Å²) in [5.74, 6) is -1.75. The van der Waals surface area contributed by atoms with Gasteiger partial charge in [-0.15, -0.1) is 11.3 Å². The van der Waals surface area contributed by atoms with Gasteiger partial charge in [0.15, 0.2) is 5.69 Å². The Bertz CT molecular complexity index is 1170. The molecule has 180 valence electrons. The molecule has 0 aliphatic heterocycles. The highest BCUT2D eigenvalue weighted by molar-refractivity contribution is 7.10. The molecule has 0 radical (unpaired) electrons. The number of phenolic OH excluding ortho intramolecular Hbond substituents is 1. The van der Waals surface area contributed by atoms with Crippen molar-refractivity contribution in [3.05, 3.63) is 62.8 Å². The van der Waals surface area contributed by atoms with Crippen LogP contribution in [-0.4, -0.2) is 37.6 Å². The van der Waals surface area contributed by atoms with Crippen LogP contribution in [0.15, 0.2) is 41.8 Å². The van der Waals surface area contributed by atoms with Gasteiger partial charge in [-0.1, -0.05) is 25.1 Å². The number of primary amides is 1. The maximum atomic E-state index is 13.8. The van der Waals surface area contributed by atoms with Crippen molar-refractivity contribution in [2.45, 2.75) is 45.3 Å². The van der Waals surface area contributed by atoms with Crippen LogP contribution in [0, 0.1) is 0 Å². The molecule has 3 aromatic rings. The van der Waals surface area contributed by atoms with Crippen molar-refractivity contribution in [2.24, 2.45) is 5.73 Å². The minimum atomic E-state index is -1.04. The fourth-order valence-corrected chi connectivity index (χ4v) is 4.69. The quantitative estimate of drug-likeness (QED) is 0.353. The number of amides is 3. The summed E-state index contributed by atoms with van der Waals surface area (Å²) in [5, 5.41) is 14.7. The average Bonchev–Trinajstić information content (AvgIpc) is 3.43. The topological polar surface area (TPSA) is 152 Å². The number of nitrogens with two attached hydrogens (primary N) is 2. The molecule has 0 aliphatic carbocycles. The smallest absolute Gasteiger partial charge is 0.270 e. The van der Waals surface area contributed by atoms with E-state index in [2.05, 4.69) is 9.69 Å². The van der Waals surface area contributed by atoms with Gasteiger partial charge >= 0.3 is 0 Å². The Kier molecular flexibility index (Phi) is 7.57. The number of nitrogens with one attached hydrogen (secondary N) is 1. The molecule has 34 heavy (non-hydrogen) atoms. The first-order valence-corrected chi connectivity index (χ1v) is 12.2. The Morgan fingerprint density at radius 1 is 1.21 bits per heavy atom. The van der Waals surface area contributed by atoms with Gasteiger partial charge in [-0.2, -0.15) is 4.37 Å². The maximum absolute atomic E-state index is 13.8. The number of nitrogen functional groups attached to an aromatic ring is 1. The minimum absolute atomic E-state index is 0.0247. The lowest BCUT2D eigenvalue weighted by Crippen LogP contribution is -2.50. The fourth-order valence-electron chi connectivity index (χ4n) is 3.23. The first-order valence-electron chi connectivity index (χ1n) is 10.5. The molecule has 0 spiro atoms. The van der Waals surface area contributed by atoms with Crippen molar-refractivity contribution in [3.8, 4) is 5.75 Å². The molecule has 0 bridgehead atoms. The van der Waals surface area contributed by atoms with E-state index >= 15 is 0 Å². The summed E-state index contributed by atoms with van der Waals surface area (Å²) in [6.45, 7) is 5.86. The molecule has 0 fully saturated rings. The molecule has 0 aliphatic rings. The molecule has 9 nitrogen and oxygen atoms in total. The molecule has 0 saturated carbocycles. The third-order valence-corrected chi connectivity index (χ3v) is 7.15. The van der Waals surface area contributed by atoms with Gasteiger partial charge in [0.1, 0.15) is 16.7 Å². The number of nitrogens with zero attached hydrogens (tertiary/aromatic N) is 2. The standard InChI is InChI=1S/C23H27N5O4S2/c1-4-23(2,3)26-21(31)18(13-7-9-14(29)10-8-13)28(12-15-6-5-11-33-15)22(32)19-16(24)17(20(25)30)27-34-19/h5-11,18,29H,4,12,24H2,1-3H3,(H2,25,30)(H,26,31). The van der Waals surface area contributed by atoms with Crippen LogP contribution in [0.25, 0.3) is 0 Å². The third-order valence-electron chi connectivity index (χ3n) is 5.44. The van der Waals surface area contributed by atoms with E-state index in [4.69, 9.17) is 11.5 Å². The Hall–Kier alpha value is -3.44. The lowest BCUT2D eigenvalue weighted by Gasteiger charge is -2.34. The van der Waals surface area contributed by atoms with Crippen LogP contribution < -0.4 is 16.8 Å². The predicted octanol–water partition coefficient (Wildman–Crippen LogP) is 3.28. The number of carbonyl (C=O) groups excluding carboxylic acids is 3. The SMILES string of the molecule is CCC(C)(C)NC(=O)C(c1ccc(O)cc1)N(Cc1cccs1)C(=O)c1snc(C(N)=O)c1N. The molecule has 2 aromatic heterocycles. The van der Waals surface area contributed by atoms with Crippen molar-refractivity contribution in [3.63, 3.8) is 0 Å². The molecule has 3 amide bonds. The van der Waals surface area contributed by atoms with Gasteiger partial charge in [0.2, 0.25) is 5.91 Å². The number of hydrogen-bond donors (Lipinski definition) is 4. The minimum Gasteiger partial charge on any atom is -0.508 e. The van der Waals surface area contributed by atoms with Crippen LogP contribution in [0.3, 0.4) is 0 Å². The van der Waals surface area contributed by atoms with Crippen molar-refractivity contribution in [1.29, 1.82) is 0 Å². The van der Waals surface area contributed by atoms with Crippen molar-refractivity contribution >= 4 is 46.3 Å². The molecule has 1 unspecified atom stereocenters. The maximum Gasteiger partial charge on any atom is 0.270 e. The Labute approximate surface area is 205 Å². The zero-order valence-electron chi connectivity index (χ0n) is 19.1. The van der Waals surface area contributed by atoms with Crippen molar-refractivity contribution in [1.82, 2.24) is 14.6 Å². The van der Waals surface area contributed by atoms with E-state index in [1.165, 1.54) is 28.4 Å². The van der Waals surface area contributed by atoms with Crippen LogP contribution in [-0.2, 0) is 11.3 Å². The van der Waals surface area contributed by atoms with Gasteiger partial charge < -0.3 is 26.8 Å². The van der Waals surface area contributed by atoms with Crippen molar-refractivity contribution in [2.75, 3.05) is 5.73 Å². The first kappa shape index (κ1) is 25.2. The highest BCUT2D eigenvalue weighted by Crippen LogP contribution is 2.32. The van der Waals surface area contributed by atoms with Gasteiger partial charge in [-0.3, -0.25) is 14.4 Å². The summed E-state index contributed by atoms with van der Waals surface area (Å²) >= 11 is 2.20. The second-order valence-electron chi connectivity index (χ2n) is 8.37. The average molecular weight is 502 g/mol. The second kappa shape index (κ2) is 10.2. The molecule has 3 rings (SSSR count). The Morgan fingerprint density at radius 2 is 1.88 bits per heavy atom. The number of rotatable bonds is 9. The molecule has 1 aromatic carbocycles.